The molecule has 28 heavy (non-hydrogen) atoms. The second kappa shape index (κ2) is 11.0. The molecular weight excluding hydrogens is 374 g/mol. The Hall–Kier alpha value is -1.30. The number of guanidine groups is 1. The molecule has 2 aliphatic rings. The molecule has 2 N–H and O–H groups in total. The highest BCUT2D eigenvalue weighted by Gasteiger charge is 2.36. The van der Waals surface area contributed by atoms with Crippen LogP contribution in [-0.4, -0.2) is 52.0 Å². The summed E-state index contributed by atoms with van der Waals surface area (Å²) in [5.74, 6) is 1.69. The fourth-order valence-corrected chi connectivity index (χ4v) is 3.99. The van der Waals surface area contributed by atoms with Crippen molar-refractivity contribution in [2.75, 3.05) is 46.1 Å². The minimum Gasteiger partial charge on any atom is -0.381 e. The molecule has 0 aromatic heterocycles. The molecule has 1 saturated carbocycles. The summed E-state index contributed by atoms with van der Waals surface area (Å²) in [6, 6.07) is 8.16. The lowest BCUT2D eigenvalue weighted by Crippen LogP contribution is -2.41. The van der Waals surface area contributed by atoms with Gasteiger partial charge in [-0.05, 0) is 56.6 Å². The maximum absolute atomic E-state index is 6.55. The van der Waals surface area contributed by atoms with Crippen molar-refractivity contribution in [3.8, 4) is 0 Å². The van der Waals surface area contributed by atoms with Crippen LogP contribution < -0.4 is 10.6 Å². The van der Waals surface area contributed by atoms with Crippen LogP contribution in [0.15, 0.2) is 29.3 Å². The van der Waals surface area contributed by atoms with Gasteiger partial charge in [0.15, 0.2) is 5.96 Å². The van der Waals surface area contributed by atoms with Gasteiger partial charge in [-0.15, -0.1) is 0 Å². The van der Waals surface area contributed by atoms with E-state index < -0.39 is 0 Å². The molecule has 1 aromatic rings. The van der Waals surface area contributed by atoms with Gasteiger partial charge < -0.3 is 20.1 Å². The number of rotatable bonds is 10. The van der Waals surface area contributed by atoms with Gasteiger partial charge in [0.1, 0.15) is 0 Å². The minimum atomic E-state index is -0.0632. The average Bonchev–Trinajstić information content (AvgIpc) is 3.54. The van der Waals surface area contributed by atoms with E-state index >= 15 is 0 Å². The summed E-state index contributed by atoms with van der Waals surface area (Å²) in [6.45, 7) is 7.74. The van der Waals surface area contributed by atoms with E-state index in [2.05, 4.69) is 29.7 Å². The highest BCUT2D eigenvalue weighted by Crippen LogP contribution is 2.38. The molecule has 0 atom stereocenters. The van der Waals surface area contributed by atoms with Crippen molar-refractivity contribution in [1.29, 1.82) is 0 Å². The number of benzene rings is 1. The standard InChI is InChI=1S/C22H34ClN3O2/c1-2-24-21(25-12-5-13-28-16-18-8-9-18)26-17-22(10-14-27-15-11-22)19-6-3-4-7-20(19)23/h3-4,6-7,18H,2,5,8-17H2,1H3,(H2,24,25,26). The Kier molecular flexibility index (Phi) is 8.44. The third-order valence-corrected chi connectivity index (χ3v) is 5.92. The molecule has 0 bridgehead atoms. The molecule has 3 rings (SSSR count). The predicted molar refractivity (Wildman–Crippen MR) is 115 cm³/mol. The predicted octanol–water partition coefficient (Wildman–Crippen LogP) is 3.76. The van der Waals surface area contributed by atoms with Gasteiger partial charge in [0, 0.05) is 50.0 Å². The molecule has 1 heterocycles. The maximum Gasteiger partial charge on any atom is 0.191 e. The third-order valence-electron chi connectivity index (χ3n) is 5.59. The maximum atomic E-state index is 6.55. The Bertz CT molecular complexity index is 628. The van der Waals surface area contributed by atoms with Gasteiger partial charge in [-0.1, -0.05) is 29.8 Å². The van der Waals surface area contributed by atoms with Crippen molar-refractivity contribution >= 4 is 17.6 Å². The van der Waals surface area contributed by atoms with Crippen LogP contribution in [0.3, 0.4) is 0 Å². The summed E-state index contributed by atoms with van der Waals surface area (Å²) in [6.07, 6.45) is 5.55. The van der Waals surface area contributed by atoms with E-state index in [-0.39, 0.29) is 5.41 Å². The first-order valence-electron chi connectivity index (χ1n) is 10.7. The Morgan fingerprint density at radius 2 is 2.04 bits per heavy atom. The monoisotopic (exact) mass is 407 g/mol. The lowest BCUT2D eigenvalue weighted by atomic mass is 9.74. The van der Waals surface area contributed by atoms with Crippen LogP contribution in [0, 0.1) is 5.92 Å². The highest BCUT2D eigenvalue weighted by molar-refractivity contribution is 6.31. The number of ether oxygens (including phenoxy) is 2. The fourth-order valence-electron chi connectivity index (χ4n) is 3.65. The van der Waals surface area contributed by atoms with Gasteiger partial charge in [0.2, 0.25) is 0 Å². The third kappa shape index (κ3) is 6.36. The van der Waals surface area contributed by atoms with Crippen LogP contribution in [0.5, 0.6) is 0 Å². The SMILES string of the molecule is CCNC(=NCC1(c2ccccc2Cl)CCOCC1)NCCCOCC1CC1. The number of nitrogens with one attached hydrogen (secondary N) is 2. The van der Waals surface area contributed by atoms with Crippen LogP contribution in [0.4, 0.5) is 0 Å². The summed E-state index contributed by atoms with van der Waals surface area (Å²) in [5.41, 5.74) is 1.12. The van der Waals surface area contributed by atoms with E-state index in [0.717, 1.165) is 75.7 Å². The Morgan fingerprint density at radius 1 is 1.25 bits per heavy atom. The summed E-state index contributed by atoms with van der Waals surface area (Å²) in [5, 5.41) is 7.62. The van der Waals surface area contributed by atoms with Crippen molar-refractivity contribution in [3.63, 3.8) is 0 Å². The van der Waals surface area contributed by atoms with Crippen molar-refractivity contribution < 1.29 is 9.47 Å². The molecule has 0 amide bonds. The summed E-state index contributed by atoms with van der Waals surface area (Å²) in [4.78, 5) is 4.92. The summed E-state index contributed by atoms with van der Waals surface area (Å²) in [7, 11) is 0. The van der Waals surface area contributed by atoms with Crippen molar-refractivity contribution in [3.05, 3.63) is 34.9 Å². The molecule has 6 heteroatoms. The van der Waals surface area contributed by atoms with E-state index in [1.54, 1.807) is 0 Å². The molecule has 5 nitrogen and oxygen atoms in total. The molecule has 0 radical (unpaired) electrons. The summed E-state index contributed by atoms with van der Waals surface area (Å²) < 4.78 is 11.3. The largest absolute Gasteiger partial charge is 0.381 e. The zero-order valence-corrected chi connectivity index (χ0v) is 17.8. The Labute approximate surface area is 174 Å². The van der Waals surface area contributed by atoms with Crippen LogP contribution >= 0.6 is 11.6 Å². The van der Waals surface area contributed by atoms with E-state index in [1.807, 2.05) is 12.1 Å². The lowest BCUT2D eigenvalue weighted by Gasteiger charge is -2.37. The van der Waals surface area contributed by atoms with Gasteiger partial charge >= 0.3 is 0 Å². The van der Waals surface area contributed by atoms with Gasteiger partial charge in [0.25, 0.3) is 0 Å². The normalized spacial score (nSPS) is 19.4. The summed E-state index contributed by atoms with van der Waals surface area (Å²) >= 11 is 6.55. The van der Waals surface area contributed by atoms with Gasteiger partial charge in [-0.2, -0.15) is 0 Å². The van der Waals surface area contributed by atoms with Crippen LogP contribution in [-0.2, 0) is 14.9 Å². The molecule has 1 aliphatic carbocycles. The first-order valence-corrected chi connectivity index (χ1v) is 11.0. The van der Waals surface area contributed by atoms with Gasteiger partial charge in [0.05, 0.1) is 6.54 Å². The fraction of sp³-hybridized carbons (Fsp3) is 0.682. The molecule has 1 aliphatic heterocycles. The zero-order valence-electron chi connectivity index (χ0n) is 17.0. The molecule has 2 fully saturated rings. The quantitative estimate of drug-likeness (QED) is 0.352. The Balaban J connectivity index is 1.57. The smallest absolute Gasteiger partial charge is 0.191 e. The zero-order chi connectivity index (χ0) is 19.7. The van der Waals surface area contributed by atoms with E-state index in [0.29, 0.717) is 6.54 Å². The van der Waals surface area contributed by atoms with Gasteiger partial charge in [-0.25, -0.2) is 0 Å². The minimum absolute atomic E-state index is 0.0632. The van der Waals surface area contributed by atoms with E-state index in [9.17, 15) is 0 Å². The molecule has 0 spiro atoms. The highest BCUT2D eigenvalue weighted by atomic mass is 35.5. The number of nitrogens with zero attached hydrogens (tertiary/aromatic N) is 1. The average molecular weight is 408 g/mol. The number of hydrogen-bond donors (Lipinski definition) is 2. The molecular formula is C22H34ClN3O2. The van der Waals surface area contributed by atoms with Gasteiger partial charge in [-0.3, -0.25) is 4.99 Å². The number of halogens is 1. The first kappa shape index (κ1) is 21.4. The van der Waals surface area contributed by atoms with E-state index in [4.69, 9.17) is 26.1 Å². The van der Waals surface area contributed by atoms with Crippen LogP contribution in [0.1, 0.15) is 44.6 Å². The molecule has 0 unspecified atom stereocenters. The Morgan fingerprint density at radius 3 is 2.75 bits per heavy atom. The number of hydrogen-bond acceptors (Lipinski definition) is 3. The lowest BCUT2D eigenvalue weighted by molar-refractivity contribution is 0.0531. The van der Waals surface area contributed by atoms with Crippen LogP contribution in [0.2, 0.25) is 5.02 Å². The first-order chi connectivity index (χ1) is 13.7. The second-order valence-electron chi connectivity index (χ2n) is 7.87. The van der Waals surface area contributed by atoms with Crippen LogP contribution in [0.25, 0.3) is 0 Å². The van der Waals surface area contributed by atoms with Crippen molar-refractivity contribution in [2.24, 2.45) is 10.9 Å². The molecule has 1 saturated heterocycles. The number of aliphatic imine (C=N–C) groups is 1. The van der Waals surface area contributed by atoms with E-state index in [1.165, 1.54) is 18.4 Å². The molecule has 1 aromatic carbocycles. The second-order valence-corrected chi connectivity index (χ2v) is 8.27. The van der Waals surface area contributed by atoms with Crippen molar-refractivity contribution in [1.82, 2.24) is 10.6 Å². The topological polar surface area (TPSA) is 54.9 Å². The molecule has 156 valence electrons. The van der Waals surface area contributed by atoms with Crippen molar-refractivity contribution in [2.45, 2.75) is 44.4 Å².